The number of aliphatic hydroxyl groups is 1. The lowest BCUT2D eigenvalue weighted by Gasteiger charge is -2.35. The third-order valence-electron chi connectivity index (χ3n) is 9.61. The molecule has 3 N–H and O–H groups in total. The molecule has 0 aromatic heterocycles. The monoisotopic (exact) mass is 763 g/mol. The van der Waals surface area contributed by atoms with E-state index in [9.17, 15) is 23.1 Å². The Kier molecular flexibility index (Phi) is 14.6. The first kappa shape index (κ1) is 40.5. The Morgan fingerprint density at radius 1 is 1.02 bits per heavy atom. The molecule has 0 aliphatic carbocycles. The van der Waals surface area contributed by atoms with Gasteiger partial charge in [0.05, 0.1) is 42.8 Å². The lowest BCUT2D eigenvalue weighted by Crippen LogP contribution is -2.52. The molecule has 5 atom stereocenters. The third kappa shape index (κ3) is 11.7. The molecule has 3 heterocycles. The van der Waals surface area contributed by atoms with Crippen LogP contribution in [0, 0.1) is 11.3 Å². The number of methoxy groups -OCH3 is 1. The minimum Gasteiger partial charge on any atom is -0.454 e. The lowest BCUT2D eigenvalue weighted by atomic mass is 9.86. The predicted molar refractivity (Wildman–Crippen MR) is 192 cm³/mol. The zero-order valence-electron chi connectivity index (χ0n) is 30.7. The summed E-state index contributed by atoms with van der Waals surface area (Å²) in [6.07, 6.45) is 0.455. The maximum absolute atomic E-state index is 14.4. The van der Waals surface area contributed by atoms with Gasteiger partial charge in [-0.1, -0.05) is 57.0 Å². The van der Waals surface area contributed by atoms with Gasteiger partial charge in [-0.25, -0.2) is 18.0 Å². The van der Waals surface area contributed by atoms with E-state index in [4.69, 9.17) is 33.2 Å². The molecule has 294 valence electrons. The first-order chi connectivity index (χ1) is 25.4. The van der Waals surface area contributed by atoms with Gasteiger partial charge in [-0.15, -0.1) is 0 Å². The highest BCUT2D eigenvalue weighted by atomic mass is 32.2. The Morgan fingerprint density at radius 2 is 1.81 bits per heavy atom. The van der Waals surface area contributed by atoms with E-state index in [1.807, 2.05) is 44.2 Å². The molecule has 2 saturated heterocycles. The topological polar surface area (TPSA) is 180 Å². The minimum absolute atomic E-state index is 0.00485. The number of fused-ring (bicyclic) bond motifs is 2. The molecule has 0 bridgehead atoms. The molecule has 2 amide bonds. The lowest BCUT2D eigenvalue weighted by molar-refractivity contribution is -0.0907. The summed E-state index contributed by atoms with van der Waals surface area (Å²) in [5.74, 6) is 0.697. The first-order valence-corrected chi connectivity index (χ1v) is 19.6. The fourth-order valence-corrected chi connectivity index (χ4v) is 8.38. The number of benzene rings is 2. The van der Waals surface area contributed by atoms with Gasteiger partial charge >= 0.3 is 12.2 Å². The van der Waals surface area contributed by atoms with Crippen molar-refractivity contribution in [1.82, 2.24) is 14.9 Å². The van der Waals surface area contributed by atoms with E-state index in [2.05, 4.69) is 10.6 Å². The van der Waals surface area contributed by atoms with Crippen LogP contribution in [-0.2, 0) is 40.1 Å². The molecule has 16 heteroatoms. The molecule has 0 radical (unpaired) electrons. The van der Waals surface area contributed by atoms with E-state index >= 15 is 0 Å². The van der Waals surface area contributed by atoms with Crippen molar-refractivity contribution in [2.75, 3.05) is 60.0 Å². The van der Waals surface area contributed by atoms with Gasteiger partial charge < -0.3 is 48.9 Å². The van der Waals surface area contributed by atoms with Crippen LogP contribution in [0.4, 0.5) is 9.59 Å². The van der Waals surface area contributed by atoms with Gasteiger partial charge in [0.1, 0.15) is 12.7 Å². The zero-order chi connectivity index (χ0) is 37.8. The first-order valence-electron chi connectivity index (χ1n) is 18.2. The van der Waals surface area contributed by atoms with E-state index < -0.39 is 52.2 Å². The Labute approximate surface area is 311 Å². The Bertz CT molecular complexity index is 1590. The van der Waals surface area contributed by atoms with Crippen LogP contribution >= 0.6 is 0 Å². The maximum Gasteiger partial charge on any atom is 0.407 e. The highest BCUT2D eigenvalue weighted by Crippen LogP contribution is 2.36. The number of carbonyl (C=O) groups excluding carboxylic acids is 2. The number of sulfonamides is 1. The highest BCUT2D eigenvalue weighted by Gasteiger charge is 2.44. The van der Waals surface area contributed by atoms with Gasteiger partial charge in [0.2, 0.25) is 16.8 Å². The van der Waals surface area contributed by atoms with Crippen molar-refractivity contribution < 1.29 is 56.3 Å². The van der Waals surface area contributed by atoms with Gasteiger partial charge in [-0.2, -0.15) is 4.31 Å². The summed E-state index contributed by atoms with van der Waals surface area (Å²) < 4.78 is 67.7. The van der Waals surface area contributed by atoms with Crippen LogP contribution in [-0.4, -0.2) is 115 Å². The highest BCUT2D eigenvalue weighted by molar-refractivity contribution is 7.89. The Balaban J connectivity index is 1.27. The van der Waals surface area contributed by atoms with Crippen LogP contribution in [0.1, 0.15) is 51.5 Å². The SMILES string of the molecule is COCCOC(=O)NCCCCCC(C)(C)CN(C[C@@H](O)[C@H](Cc1ccccc1)NC(=O)O[C@H]1CO[C@H]2OCC[C@H]21)S(=O)(=O)c1ccc2c(c1)OCO2. The van der Waals surface area contributed by atoms with Gasteiger partial charge in [0.15, 0.2) is 17.8 Å². The van der Waals surface area contributed by atoms with Crippen LogP contribution in [0.5, 0.6) is 11.5 Å². The summed E-state index contributed by atoms with van der Waals surface area (Å²) in [5, 5.41) is 17.4. The second-order valence-electron chi connectivity index (χ2n) is 14.3. The van der Waals surface area contributed by atoms with E-state index in [1.54, 1.807) is 6.07 Å². The number of carbonyl (C=O) groups is 2. The Hall–Kier alpha value is -3.67. The quantitative estimate of drug-likeness (QED) is 0.166. The predicted octanol–water partition coefficient (Wildman–Crippen LogP) is 3.83. The van der Waals surface area contributed by atoms with Crippen molar-refractivity contribution in [1.29, 1.82) is 0 Å². The standard InChI is InChI=1S/C37H53N3O12S/c1-37(2,15-8-5-9-16-38-35(42)48-19-18-46-3)24-40(53(44,45)27-12-13-31-32(21-27)51-25-50-31)22-30(41)29(20-26-10-6-4-7-11-26)39-36(43)52-33-23-49-34-28(33)14-17-47-34/h4,6-7,10-13,21,28-30,33-34,41H,5,8-9,14-20,22-25H2,1-3H3,(H,38,42)(H,39,43)/t28-,29-,30+,33-,34+/m0/s1. The van der Waals surface area contributed by atoms with Crippen molar-refractivity contribution in [2.45, 2.75) is 81.8 Å². The molecule has 0 unspecified atom stereocenters. The molecule has 2 aromatic rings. The molecular formula is C37H53N3O12S. The Morgan fingerprint density at radius 3 is 2.60 bits per heavy atom. The van der Waals surface area contributed by atoms with Gasteiger partial charge in [0.25, 0.3) is 0 Å². The van der Waals surface area contributed by atoms with Crippen molar-refractivity contribution >= 4 is 22.2 Å². The zero-order valence-corrected chi connectivity index (χ0v) is 31.5. The van der Waals surface area contributed by atoms with E-state index in [0.29, 0.717) is 44.1 Å². The molecule has 3 aliphatic rings. The number of nitrogens with one attached hydrogen (secondary N) is 2. The van der Waals surface area contributed by atoms with E-state index in [-0.39, 0.29) is 50.3 Å². The number of hydrogen-bond acceptors (Lipinski definition) is 12. The van der Waals surface area contributed by atoms with E-state index in [0.717, 1.165) is 24.8 Å². The number of amides is 2. The van der Waals surface area contributed by atoms with Crippen LogP contribution in [0.3, 0.4) is 0 Å². The average Bonchev–Trinajstić information content (AvgIpc) is 3.88. The summed E-state index contributed by atoms with van der Waals surface area (Å²) in [5.41, 5.74) is 0.327. The summed E-state index contributed by atoms with van der Waals surface area (Å²) >= 11 is 0. The number of rotatable bonds is 20. The van der Waals surface area contributed by atoms with Crippen molar-refractivity contribution in [3.05, 3.63) is 54.1 Å². The molecular weight excluding hydrogens is 710 g/mol. The molecule has 2 fully saturated rings. The average molecular weight is 764 g/mol. The molecule has 2 aromatic carbocycles. The van der Waals surface area contributed by atoms with Crippen molar-refractivity contribution in [3.8, 4) is 11.5 Å². The third-order valence-corrected chi connectivity index (χ3v) is 11.4. The molecule has 53 heavy (non-hydrogen) atoms. The fourth-order valence-electron chi connectivity index (χ4n) is 6.71. The summed E-state index contributed by atoms with van der Waals surface area (Å²) in [6.45, 7) is 5.41. The van der Waals surface area contributed by atoms with E-state index in [1.165, 1.54) is 23.5 Å². The van der Waals surface area contributed by atoms with Gasteiger partial charge in [-0.3, -0.25) is 0 Å². The molecule has 0 saturated carbocycles. The maximum atomic E-state index is 14.4. The van der Waals surface area contributed by atoms with Crippen LogP contribution in [0.15, 0.2) is 53.4 Å². The number of hydrogen-bond donors (Lipinski definition) is 3. The van der Waals surface area contributed by atoms with Gasteiger partial charge in [0, 0.05) is 32.8 Å². The smallest absolute Gasteiger partial charge is 0.407 e. The van der Waals surface area contributed by atoms with Crippen LogP contribution in [0.25, 0.3) is 0 Å². The van der Waals surface area contributed by atoms with Crippen LogP contribution in [0.2, 0.25) is 0 Å². The molecule has 15 nitrogen and oxygen atoms in total. The normalized spacial score (nSPS) is 20.5. The second kappa shape index (κ2) is 19.1. The number of alkyl carbamates (subject to hydrolysis) is 2. The fraction of sp³-hybridized carbons (Fsp3) is 0.622. The van der Waals surface area contributed by atoms with Crippen molar-refractivity contribution in [3.63, 3.8) is 0 Å². The summed E-state index contributed by atoms with van der Waals surface area (Å²) in [7, 11) is -2.65. The second-order valence-corrected chi connectivity index (χ2v) is 16.3. The van der Waals surface area contributed by atoms with Gasteiger partial charge in [-0.05, 0) is 48.8 Å². The summed E-state index contributed by atoms with van der Waals surface area (Å²) in [6, 6.07) is 12.9. The number of aliphatic hydroxyl groups excluding tert-OH is 1. The molecule has 5 rings (SSSR count). The summed E-state index contributed by atoms with van der Waals surface area (Å²) in [4.78, 5) is 25.1. The number of unbranched alkanes of at least 4 members (excludes halogenated alkanes) is 2. The number of nitrogens with zero attached hydrogens (tertiary/aromatic N) is 1. The molecule has 3 aliphatic heterocycles. The van der Waals surface area contributed by atoms with Crippen molar-refractivity contribution in [2.24, 2.45) is 11.3 Å². The number of ether oxygens (including phenoxy) is 7. The largest absolute Gasteiger partial charge is 0.454 e. The molecule has 0 spiro atoms. The minimum atomic E-state index is -4.18. The van der Waals surface area contributed by atoms with Crippen LogP contribution < -0.4 is 20.1 Å².